The predicted octanol–water partition coefficient (Wildman–Crippen LogP) is 17.6. The van der Waals surface area contributed by atoms with Gasteiger partial charge < -0.3 is 19.1 Å². The summed E-state index contributed by atoms with van der Waals surface area (Å²) in [6.07, 6.45) is 61.5. The molecular formula is C60H109NO7. The Morgan fingerprint density at radius 2 is 0.544 bits per heavy atom. The molecule has 0 saturated heterocycles. The molecule has 0 aromatic rings. The normalized spacial score (nSPS) is 11.6. The van der Waals surface area contributed by atoms with Gasteiger partial charge in [0.05, 0.1) is 13.1 Å². The van der Waals surface area contributed by atoms with Gasteiger partial charge in [-0.3, -0.25) is 19.2 Å². The van der Waals surface area contributed by atoms with Gasteiger partial charge in [-0.2, -0.15) is 0 Å². The van der Waals surface area contributed by atoms with Crippen LogP contribution in [0.15, 0.2) is 36.5 Å². The quantitative estimate of drug-likeness (QED) is 0.0259. The standard InChI is InChI=1S/C60H109NO7/c1-4-7-10-13-16-19-22-25-28-31-34-37-40-43-46-49-58(63)66-54-52-61(53-55-67-59(64)50-47-44-41-38-35-32-29-26-23-20-17-14-11-8-5-2)57(62)56-68-60(65)51-48-45-42-39-36-33-30-27-24-21-18-15-12-9-6-3/h25-30H,4-24,31-56H2,1-3H3/b28-25+,29-26+,30-27-. The van der Waals surface area contributed by atoms with Crippen molar-refractivity contribution < 1.29 is 33.4 Å². The highest BCUT2D eigenvalue weighted by molar-refractivity contribution is 5.80. The van der Waals surface area contributed by atoms with Crippen LogP contribution in [0.1, 0.15) is 290 Å². The van der Waals surface area contributed by atoms with E-state index < -0.39 is 0 Å². The van der Waals surface area contributed by atoms with Crippen LogP contribution in [-0.2, 0) is 33.4 Å². The first-order valence-corrected chi connectivity index (χ1v) is 29.1. The first-order chi connectivity index (χ1) is 33.4. The number of hydrogen-bond donors (Lipinski definition) is 0. The summed E-state index contributed by atoms with van der Waals surface area (Å²) in [4.78, 5) is 52.3. The van der Waals surface area contributed by atoms with Crippen LogP contribution in [-0.4, -0.2) is 61.6 Å². The Kier molecular flexibility index (Phi) is 52.7. The van der Waals surface area contributed by atoms with E-state index >= 15 is 0 Å². The summed E-state index contributed by atoms with van der Waals surface area (Å²) in [6.45, 7) is 6.77. The molecule has 0 aliphatic rings. The van der Waals surface area contributed by atoms with Crippen molar-refractivity contribution >= 4 is 23.8 Å². The Bertz CT molecular complexity index is 1150. The van der Waals surface area contributed by atoms with E-state index in [9.17, 15) is 19.2 Å². The zero-order valence-electron chi connectivity index (χ0n) is 45.0. The molecule has 0 aromatic heterocycles. The number of carbonyl (C=O) groups excluding carboxylic acids is 4. The Morgan fingerprint density at radius 1 is 0.309 bits per heavy atom. The molecule has 0 spiro atoms. The van der Waals surface area contributed by atoms with Gasteiger partial charge in [0.25, 0.3) is 5.91 Å². The molecule has 8 heteroatoms. The van der Waals surface area contributed by atoms with Crippen LogP contribution in [0.5, 0.6) is 0 Å². The molecule has 0 atom stereocenters. The maximum Gasteiger partial charge on any atom is 0.306 e. The van der Waals surface area contributed by atoms with Crippen molar-refractivity contribution in [1.82, 2.24) is 4.90 Å². The van der Waals surface area contributed by atoms with Gasteiger partial charge in [0.15, 0.2) is 6.61 Å². The Morgan fingerprint density at radius 3 is 0.824 bits per heavy atom. The molecule has 0 aliphatic heterocycles. The predicted molar refractivity (Wildman–Crippen MR) is 288 cm³/mol. The van der Waals surface area contributed by atoms with Crippen LogP contribution < -0.4 is 0 Å². The van der Waals surface area contributed by atoms with Crippen LogP contribution >= 0.6 is 0 Å². The van der Waals surface area contributed by atoms with Crippen molar-refractivity contribution in [3.05, 3.63) is 36.5 Å². The number of allylic oxidation sites excluding steroid dienone is 6. The number of unbranched alkanes of at least 4 members (excludes halogenated alkanes) is 33. The number of nitrogens with zero attached hydrogens (tertiary/aromatic N) is 1. The number of amides is 1. The van der Waals surface area contributed by atoms with Crippen molar-refractivity contribution in [1.29, 1.82) is 0 Å². The molecule has 0 bridgehead atoms. The molecule has 68 heavy (non-hydrogen) atoms. The van der Waals surface area contributed by atoms with Gasteiger partial charge in [0.2, 0.25) is 0 Å². The Hall–Kier alpha value is -2.90. The van der Waals surface area contributed by atoms with Crippen LogP contribution in [0.25, 0.3) is 0 Å². The minimum Gasteiger partial charge on any atom is -0.464 e. The third kappa shape index (κ3) is 51.0. The minimum atomic E-state index is -0.385. The summed E-state index contributed by atoms with van der Waals surface area (Å²) in [5.41, 5.74) is 0. The van der Waals surface area contributed by atoms with Gasteiger partial charge >= 0.3 is 17.9 Å². The molecule has 0 N–H and O–H groups in total. The highest BCUT2D eigenvalue weighted by atomic mass is 16.5. The number of hydrogen-bond acceptors (Lipinski definition) is 7. The maximum atomic E-state index is 13.2. The van der Waals surface area contributed by atoms with Crippen LogP contribution in [0, 0.1) is 0 Å². The van der Waals surface area contributed by atoms with E-state index in [0.717, 1.165) is 96.3 Å². The number of carbonyl (C=O) groups is 4. The summed E-state index contributed by atoms with van der Waals surface area (Å²) in [6, 6.07) is 0. The smallest absolute Gasteiger partial charge is 0.306 e. The van der Waals surface area contributed by atoms with Crippen LogP contribution in [0.3, 0.4) is 0 Å². The lowest BCUT2D eigenvalue weighted by atomic mass is 10.1. The molecule has 0 rings (SSSR count). The zero-order chi connectivity index (χ0) is 49.5. The van der Waals surface area contributed by atoms with E-state index in [1.807, 2.05) is 0 Å². The van der Waals surface area contributed by atoms with E-state index in [4.69, 9.17) is 14.2 Å². The van der Waals surface area contributed by atoms with Crippen molar-refractivity contribution in [3.8, 4) is 0 Å². The second kappa shape index (κ2) is 55.0. The maximum absolute atomic E-state index is 13.2. The lowest BCUT2D eigenvalue weighted by Gasteiger charge is -2.22. The minimum absolute atomic E-state index is 0.0430. The number of esters is 3. The molecule has 0 saturated carbocycles. The molecular weight excluding hydrogens is 847 g/mol. The van der Waals surface area contributed by atoms with Gasteiger partial charge in [-0.1, -0.05) is 211 Å². The van der Waals surface area contributed by atoms with E-state index in [1.165, 1.54) is 159 Å². The van der Waals surface area contributed by atoms with Crippen molar-refractivity contribution in [3.63, 3.8) is 0 Å². The number of ether oxygens (including phenoxy) is 3. The lowest BCUT2D eigenvalue weighted by Crippen LogP contribution is -2.40. The number of rotatable bonds is 53. The molecule has 0 aromatic carbocycles. The molecule has 0 heterocycles. The molecule has 8 nitrogen and oxygen atoms in total. The van der Waals surface area contributed by atoms with E-state index in [0.29, 0.717) is 12.8 Å². The largest absolute Gasteiger partial charge is 0.464 e. The second-order valence-corrected chi connectivity index (χ2v) is 19.5. The fourth-order valence-electron chi connectivity index (χ4n) is 8.37. The third-order valence-electron chi connectivity index (χ3n) is 12.9. The lowest BCUT2D eigenvalue weighted by molar-refractivity contribution is -0.154. The highest BCUT2D eigenvalue weighted by Crippen LogP contribution is 2.14. The summed E-state index contributed by atoms with van der Waals surface area (Å²) >= 11 is 0. The first kappa shape index (κ1) is 65.1. The summed E-state index contributed by atoms with van der Waals surface area (Å²) in [7, 11) is 0. The topological polar surface area (TPSA) is 99.2 Å². The van der Waals surface area contributed by atoms with E-state index in [-0.39, 0.29) is 63.1 Å². The van der Waals surface area contributed by atoms with Gasteiger partial charge in [-0.15, -0.1) is 0 Å². The summed E-state index contributed by atoms with van der Waals surface area (Å²) < 4.78 is 16.4. The van der Waals surface area contributed by atoms with E-state index in [2.05, 4.69) is 57.2 Å². The Labute approximate surface area is 420 Å². The fraction of sp³-hybridized carbons (Fsp3) is 0.833. The SMILES string of the molecule is CCCCCCCC/C=C\CCCCCCCC(=O)OCC(=O)N(CCOC(=O)CCCCCCC/C=C/CCCCCCCC)CCOC(=O)CCCCCCC/C=C/CCCCCCCC. The molecule has 1 amide bonds. The highest BCUT2D eigenvalue weighted by Gasteiger charge is 2.18. The van der Waals surface area contributed by atoms with Crippen LogP contribution in [0.2, 0.25) is 0 Å². The third-order valence-corrected chi connectivity index (χ3v) is 12.9. The zero-order valence-corrected chi connectivity index (χ0v) is 45.0. The monoisotopic (exact) mass is 956 g/mol. The van der Waals surface area contributed by atoms with Crippen molar-refractivity contribution in [2.45, 2.75) is 290 Å². The first-order valence-electron chi connectivity index (χ1n) is 29.1. The van der Waals surface area contributed by atoms with E-state index in [1.54, 1.807) is 0 Å². The second-order valence-electron chi connectivity index (χ2n) is 19.5. The average Bonchev–Trinajstić information content (AvgIpc) is 3.33. The molecule has 0 unspecified atom stereocenters. The van der Waals surface area contributed by atoms with Crippen molar-refractivity contribution in [2.24, 2.45) is 0 Å². The Balaban J connectivity index is 4.47. The summed E-state index contributed by atoms with van der Waals surface area (Å²) in [5.74, 6) is -1.31. The average molecular weight is 957 g/mol. The van der Waals surface area contributed by atoms with Gasteiger partial charge in [0, 0.05) is 19.3 Å². The summed E-state index contributed by atoms with van der Waals surface area (Å²) in [5, 5.41) is 0. The molecule has 396 valence electrons. The van der Waals surface area contributed by atoms with Crippen LogP contribution in [0.4, 0.5) is 0 Å². The fourth-order valence-corrected chi connectivity index (χ4v) is 8.37. The van der Waals surface area contributed by atoms with Crippen molar-refractivity contribution in [2.75, 3.05) is 32.9 Å². The van der Waals surface area contributed by atoms with Gasteiger partial charge in [-0.25, -0.2) is 0 Å². The van der Waals surface area contributed by atoms with Gasteiger partial charge in [0.1, 0.15) is 13.2 Å². The molecule has 0 aliphatic carbocycles. The van der Waals surface area contributed by atoms with Gasteiger partial charge in [-0.05, 0) is 96.3 Å². The molecule has 0 radical (unpaired) electrons. The molecule has 0 fully saturated rings.